The van der Waals surface area contributed by atoms with Crippen LogP contribution in [0.1, 0.15) is 30.1 Å². The smallest absolute Gasteiger partial charge is 0.260 e. The number of amides is 1. The lowest BCUT2D eigenvalue weighted by molar-refractivity contribution is 0.0985. The van der Waals surface area contributed by atoms with E-state index < -0.39 is 10.0 Å². The summed E-state index contributed by atoms with van der Waals surface area (Å²) in [7, 11) is -0.437. The number of fused-ring (bicyclic) bond motifs is 1. The van der Waals surface area contributed by atoms with Crippen molar-refractivity contribution in [3.05, 3.63) is 66.5 Å². The number of thiazole rings is 1. The Morgan fingerprint density at radius 2 is 1.92 bits per heavy atom. The molecule has 4 aromatic rings. The first kappa shape index (κ1) is 25.8. The second-order valence-corrected chi connectivity index (χ2v) is 11.3. The van der Waals surface area contributed by atoms with E-state index >= 15 is 0 Å². The Bertz CT molecular complexity index is 1420. The largest absolute Gasteiger partial charge is 0.497 e. The molecule has 36 heavy (non-hydrogen) atoms. The molecule has 0 aliphatic carbocycles. The number of hydrogen-bond donors (Lipinski definition) is 0. The van der Waals surface area contributed by atoms with Gasteiger partial charge in [-0.15, -0.1) is 0 Å². The highest BCUT2D eigenvalue weighted by molar-refractivity contribution is 7.89. The van der Waals surface area contributed by atoms with Crippen LogP contribution in [0.25, 0.3) is 10.2 Å². The van der Waals surface area contributed by atoms with Crippen LogP contribution in [-0.2, 0) is 16.6 Å². The van der Waals surface area contributed by atoms with Gasteiger partial charge in [0.1, 0.15) is 5.75 Å². The fourth-order valence-electron chi connectivity index (χ4n) is 3.66. The van der Waals surface area contributed by atoms with Gasteiger partial charge in [0.2, 0.25) is 10.0 Å². The van der Waals surface area contributed by atoms with Crippen LogP contribution in [0, 0.1) is 0 Å². The minimum atomic E-state index is -3.62. The van der Waals surface area contributed by atoms with Crippen LogP contribution in [-0.4, -0.2) is 60.6 Å². The predicted octanol–water partition coefficient (Wildman–Crippen LogP) is 4.27. The van der Waals surface area contributed by atoms with Gasteiger partial charge in [-0.3, -0.25) is 14.4 Å². The van der Waals surface area contributed by atoms with E-state index in [-0.39, 0.29) is 10.8 Å². The molecule has 0 radical (unpaired) electrons. The summed E-state index contributed by atoms with van der Waals surface area (Å²) in [4.78, 5) is 20.1. The lowest BCUT2D eigenvalue weighted by Crippen LogP contribution is -2.34. The summed E-state index contributed by atoms with van der Waals surface area (Å²) in [6, 6.07) is 13.5. The molecule has 0 unspecified atom stereocenters. The van der Waals surface area contributed by atoms with Gasteiger partial charge in [0.15, 0.2) is 5.13 Å². The average Bonchev–Trinajstić information content (AvgIpc) is 3.56. The molecular formula is C25H29N5O4S2. The molecule has 190 valence electrons. The number of nitrogens with zero attached hydrogens (tertiary/aromatic N) is 5. The van der Waals surface area contributed by atoms with Crippen LogP contribution < -0.4 is 9.64 Å². The number of carbonyl (C=O) groups is 1. The van der Waals surface area contributed by atoms with Crippen LogP contribution in [0.15, 0.2) is 65.8 Å². The number of hydrogen-bond acceptors (Lipinski definition) is 7. The predicted molar refractivity (Wildman–Crippen MR) is 141 cm³/mol. The molecule has 0 N–H and O–H groups in total. The Balaban J connectivity index is 1.62. The monoisotopic (exact) mass is 527 g/mol. The molecule has 2 aromatic carbocycles. The molecule has 0 saturated heterocycles. The second kappa shape index (κ2) is 11.2. The van der Waals surface area contributed by atoms with Crippen molar-refractivity contribution >= 4 is 42.6 Å². The highest BCUT2D eigenvalue weighted by Gasteiger charge is 2.24. The molecule has 0 atom stereocenters. The van der Waals surface area contributed by atoms with Crippen LogP contribution in [0.2, 0.25) is 0 Å². The Morgan fingerprint density at radius 3 is 2.58 bits per heavy atom. The van der Waals surface area contributed by atoms with Crippen molar-refractivity contribution in [1.82, 2.24) is 19.1 Å². The summed E-state index contributed by atoms with van der Waals surface area (Å²) >= 11 is 1.40. The van der Waals surface area contributed by atoms with E-state index in [2.05, 4.69) is 10.1 Å². The molecule has 1 amide bonds. The van der Waals surface area contributed by atoms with Gasteiger partial charge in [0.25, 0.3) is 5.91 Å². The zero-order valence-corrected chi connectivity index (χ0v) is 22.1. The summed E-state index contributed by atoms with van der Waals surface area (Å²) in [5, 5.41) is 4.78. The Kier molecular flexibility index (Phi) is 8.02. The number of benzene rings is 2. The Hall–Kier alpha value is -3.28. The van der Waals surface area contributed by atoms with Crippen LogP contribution >= 0.6 is 11.3 Å². The molecule has 11 heteroatoms. The van der Waals surface area contributed by atoms with Crippen LogP contribution in [0.5, 0.6) is 5.75 Å². The molecule has 0 fully saturated rings. The van der Waals surface area contributed by atoms with E-state index in [1.807, 2.05) is 37.4 Å². The number of ether oxygens (including phenoxy) is 1. The number of unbranched alkanes of at least 4 members (excludes halogenated alkanes) is 1. The fraction of sp³-hybridized carbons (Fsp3) is 0.320. The second-order valence-electron chi connectivity index (χ2n) is 8.26. The van der Waals surface area contributed by atoms with Gasteiger partial charge in [0, 0.05) is 38.1 Å². The minimum absolute atomic E-state index is 0.160. The summed E-state index contributed by atoms with van der Waals surface area (Å²) < 4.78 is 35.0. The summed E-state index contributed by atoms with van der Waals surface area (Å²) in [6.45, 7) is 3.29. The Labute approximate surface area is 215 Å². The van der Waals surface area contributed by atoms with Gasteiger partial charge in [0.05, 0.1) is 28.8 Å². The van der Waals surface area contributed by atoms with E-state index in [9.17, 15) is 13.2 Å². The summed E-state index contributed by atoms with van der Waals surface area (Å²) in [5.74, 6) is 0.448. The maximum atomic E-state index is 13.6. The first-order valence-corrected chi connectivity index (χ1v) is 13.9. The van der Waals surface area contributed by atoms with Gasteiger partial charge >= 0.3 is 0 Å². The van der Waals surface area contributed by atoms with Gasteiger partial charge < -0.3 is 4.74 Å². The SMILES string of the molecule is CCCCN(C)S(=O)(=O)c1ccc(C(=O)N(CCn2cccn2)c2nc3ccc(OC)cc3s2)cc1. The van der Waals surface area contributed by atoms with Crippen molar-refractivity contribution in [3.8, 4) is 5.75 Å². The molecule has 0 spiro atoms. The molecule has 2 heterocycles. The van der Waals surface area contributed by atoms with E-state index in [4.69, 9.17) is 4.74 Å². The number of carbonyl (C=O) groups excluding carboxylic acids is 1. The topological polar surface area (TPSA) is 97.6 Å². The standard InChI is InChI=1S/C25H29N5O4S2/c1-4-5-14-28(2)36(32,33)21-10-7-19(8-11-21)24(31)30(17-16-29-15-6-13-26-29)25-27-22-12-9-20(34-3)18-23(22)35-25/h6-13,15,18H,4-5,14,16-17H2,1-3H3. The molecule has 2 aromatic heterocycles. The molecule has 0 aliphatic rings. The molecule has 0 saturated carbocycles. The maximum Gasteiger partial charge on any atom is 0.260 e. The zero-order chi connectivity index (χ0) is 25.7. The lowest BCUT2D eigenvalue weighted by Gasteiger charge is -2.20. The van der Waals surface area contributed by atoms with Gasteiger partial charge in [-0.1, -0.05) is 24.7 Å². The molecule has 0 bridgehead atoms. The fourth-order valence-corrected chi connectivity index (χ4v) is 5.89. The first-order valence-electron chi connectivity index (χ1n) is 11.6. The van der Waals surface area contributed by atoms with Gasteiger partial charge in [-0.25, -0.2) is 17.7 Å². The normalized spacial score (nSPS) is 11.8. The van der Waals surface area contributed by atoms with E-state index in [0.717, 1.165) is 23.1 Å². The summed E-state index contributed by atoms with van der Waals surface area (Å²) in [6.07, 6.45) is 5.21. The average molecular weight is 528 g/mol. The van der Waals surface area contributed by atoms with Crippen molar-refractivity contribution < 1.29 is 17.9 Å². The number of aromatic nitrogens is 3. The van der Waals surface area contributed by atoms with Gasteiger partial charge in [-0.2, -0.15) is 5.10 Å². The quantitative estimate of drug-likeness (QED) is 0.289. The third-order valence-electron chi connectivity index (χ3n) is 5.81. The molecule has 9 nitrogen and oxygen atoms in total. The zero-order valence-electron chi connectivity index (χ0n) is 20.5. The maximum absolute atomic E-state index is 13.6. The van der Waals surface area contributed by atoms with Crippen molar-refractivity contribution in [3.63, 3.8) is 0 Å². The minimum Gasteiger partial charge on any atom is -0.497 e. The van der Waals surface area contributed by atoms with Crippen molar-refractivity contribution in [2.45, 2.75) is 31.2 Å². The molecule has 4 rings (SSSR count). The molecular weight excluding hydrogens is 498 g/mol. The summed E-state index contributed by atoms with van der Waals surface area (Å²) in [5.41, 5.74) is 1.15. The van der Waals surface area contributed by atoms with Crippen molar-refractivity contribution in [2.75, 3.05) is 32.1 Å². The number of anilines is 1. The van der Waals surface area contributed by atoms with E-state index in [1.165, 1.54) is 27.8 Å². The third kappa shape index (κ3) is 5.58. The molecule has 0 aliphatic heterocycles. The van der Waals surface area contributed by atoms with E-state index in [1.54, 1.807) is 42.1 Å². The first-order chi connectivity index (χ1) is 17.3. The van der Waals surface area contributed by atoms with Crippen LogP contribution in [0.4, 0.5) is 5.13 Å². The van der Waals surface area contributed by atoms with Crippen molar-refractivity contribution in [2.24, 2.45) is 0 Å². The highest BCUT2D eigenvalue weighted by Crippen LogP contribution is 2.32. The number of rotatable bonds is 11. The Morgan fingerprint density at radius 1 is 1.14 bits per heavy atom. The lowest BCUT2D eigenvalue weighted by atomic mass is 10.2. The third-order valence-corrected chi connectivity index (χ3v) is 8.72. The number of sulfonamides is 1. The van der Waals surface area contributed by atoms with E-state index in [0.29, 0.717) is 36.1 Å². The highest BCUT2D eigenvalue weighted by atomic mass is 32.2. The number of methoxy groups -OCH3 is 1. The van der Waals surface area contributed by atoms with Crippen molar-refractivity contribution in [1.29, 1.82) is 0 Å². The van der Waals surface area contributed by atoms with Gasteiger partial charge in [-0.05, 0) is 55.0 Å². The van der Waals surface area contributed by atoms with Crippen LogP contribution in [0.3, 0.4) is 0 Å².